The Morgan fingerprint density at radius 1 is 0.952 bits per heavy atom. The van der Waals surface area contributed by atoms with E-state index in [1.807, 2.05) is 23.1 Å². The molecule has 1 heterocycles. The van der Waals surface area contributed by atoms with E-state index in [-0.39, 0.29) is 24.1 Å². The molecule has 1 aliphatic heterocycles. The SMILES string of the molecule is N[C@@H]1CN(Cc2c(F)cccc2F)C[C@H]1c1ccccc1. The van der Waals surface area contributed by atoms with Crippen LogP contribution in [-0.2, 0) is 6.54 Å². The van der Waals surface area contributed by atoms with Crippen molar-refractivity contribution in [2.24, 2.45) is 5.73 Å². The average molecular weight is 288 g/mol. The van der Waals surface area contributed by atoms with E-state index in [1.54, 1.807) is 0 Å². The monoisotopic (exact) mass is 288 g/mol. The molecular weight excluding hydrogens is 270 g/mol. The standard InChI is InChI=1S/C17H18F2N2/c18-15-7-4-8-16(19)14(15)10-21-9-13(17(20)11-21)12-5-2-1-3-6-12/h1-8,13,17H,9-11,20H2/t13-,17+/m0/s1. The number of hydrogen-bond acceptors (Lipinski definition) is 2. The van der Waals surface area contributed by atoms with Crippen molar-refractivity contribution in [1.29, 1.82) is 0 Å². The van der Waals surface area contributed by atoms with Gasteiger partial charge in [0.1, 0.15) is 11.6 Å². The Morgan fingerprint density at radius 3 is 2.29 bits per heavy atom. The zero-order valence-electron chi connectivity index (χ0n) is 11.7. The lowest BCUT2D eigenvalue weighted by molar-refractivity contribution is 0.311. The van der Waals surface area contributed by atoms with Crippen LogP contribution in [0.5, 0.6) is 0 Å². The van der Waals surface area contributed by atoms with Gasteiger partial charge in [-0.3, -0.25) is 4.90 Å². The summed E-state index contributed by atoms with van der Waals surface area (Å²) in [6.07, 6.45) is 0. The molecule has 0 radical (unpaired) electrons. The molecule has 0 saturated carbocycles. The lowest BCUT2D eigenvalue weighted by Crippen LogP contribution is -2.28. The van der Waals surface area contributed by atoms with Crippen LogP contribution in [0.2, 0.25) is 0 Å². The van der Waals surface area contributed by atoms with Gasteiger partial charge in [-0.2, -0.15) is 0 Å². The van der Waals surface area contributed by atoms with Crippen molar-refractivity contribution in [1.82, 2.24) is 4.90 Å². The summed E-state index contributed by atoms with van der Waals surface area (Å²) in [7, 11) is 0. The Morgan fingerprint density at radius 2 is 1.62 bits per heavy atom. The minimum Gasteiger partial charge on any atom is -0.326 e. The Bertz CT molecular complexity index is 595. The smallest absolute Gasteiger partial charge is 0.130 e. The second kappa shape index (κ2) is 5.92. The van der Waals surface area contributed by atoms with Crippen LogP contribution < -0.4 is 5.73 Å². The topological polar surface area (TPSA) is 29.3 Å². The van der Waals surface area contributed by atoms with Gasteiger partial charge in [0, 0.05) is 37.2 Å². The second-order valence-electron chi connectivity index (χ2n) is 5.58. The third-order valence-corrected chi connectivity index (χ3v) is 4.11. The Labute approximate surface area is 123 Å². The number of hydrogen-bond donors (Lipinski definition) is 1. The zero-order chi connectivity index (χ0) is 14.8. The van der Waals surface area contributed by atoms with Gasteiger partial charge in [-0.05, 0) is 17.7 Å². The largest absolute Gasteiger partial charge is 0.326 e. The quantitative estimate of drug-likeness (QED) is 0.941. The molecule has 2 aromatic rings. The molecule has 2 N–H and O–H groups in total. The van der Waals surface area contributed by atoms with Gasteiger partial charge in [0.2, 0.25) is 0 Å². The third-order valence-electron chi connectivity index (χ3n) is 4.11. The lowest BCUT2D eigenvalue weighted by atomic mass is 9.95. The molecule has 0 bridgehead atoms. The molecule has 4 heteroatoms. The summed E-state index contributed by atoms with van der Waals surface area (Å²) in [6.45, 7) is 1.63. The molecule has 21 heavy (non-hydrogen) atoms. The van der Waals surface area contributed by atoms with Gasteiger partial charge in [0.25, 0.3) is 0 Å². The summed E-state index contributed by atoms with van der Waals surface area (Å²) in [6, 6.07) is 14.0. The molecule has 1 aliphatic rings. The van der Waals surface area contributed by atoms with Crippen LogP contribution in [0, 0.1) is 11.6 Å². The van der Waals surface area contributed by atoms with Crippen molar-refractivity contribution in [3.05, 3.63) is 71.3 Å². The van der Waals surface area contributed by atoms with Crippen LogP contribution in [0.4, 0.5) is 8.78 Å². The highest BCUT2D eigenvalue weighted by Gasteiger charge is 2.31. The van der Waals surface area contributed by atoms with Gasteiger partial charge < -0.3 is 5.73 Å². The second-order valence-corrected chi connectivity index (χ2v) is 5.58. The molecule has 2 atom stereocenters. The molecule has 3 rings (SSSR count). The van der Waals surface area contributed by atoms with Crippen LogP contribution in [0.1, 0.15) is 17.0 Å². The number of rotatable bonds is 3. The summed E-state index contributed by atoms with van der Waals surface area (Å²) in [4.78, 5) is 2.02. The molecule has 1 fully saturated rings. The van der Waals surface area contributed by atoms with Crippen LogP contribution in [0.15, 0.2) is 48.5 Å². The maximum Gasteiger partial charge on any atom is 0.130 e. The number of benzene rings is 2. The van der Waals surface area contributed by atoms with E-state index >= 15 is 0 Å². The average Bonchev–Trinajstić information content (AvgIpc) is 2.85. The van der Waals surface area contributed by atoms with E-state index in [0.717, 1.165) is 6.54 Å². The number of halogens is 2. The van der Waals surface area contributed by atoms with Crippen LogP contribution in [-0.4, -0.2) is 24.0 Å². The summed E-state index contributed by atoms with van der Waals surface area (Å²) in [5, 5.41) is 0. The molecule has 0 aromatic heterocycles. The molecule has 0 spiro atoms. The van der Waals surface area contributed by atoms with Crippen LogP contribution in [0.3, 0.4) is 0 Å². The van der Waals surface area contributed by atoms with Crippen molar-refractivity contribution in [2.75, 3.05) is 13.1 Å². The van der Waals surface area contributed by atoms with E-state index in [4.69, 9.17) is 5.73 Å². The minimum atomic E-state index is -0.494. The molecule has 2 nitrogen and oxygen atoms in total. The minimum absolute atomic E-state index is 0.0118. The van der Waals surface area contributed by atoms with Crippen molar-refractivity contribution >= 4 is 0 Å². The van der Waals surface area contributed by atoms with E-state index in [1.165, 1.54) is 23.8 Å². The van der Waals surface area contributed by atoms with E-state index in [0.29, 0.717) is 6.54 Å². The van der Waals surface area contributed by atoms with Gasteiger partial charge in [-0.25, -0.2) is 8.78 Å². The first kappa shape index (κ1) is 14.2. The number of nitrogens with two attached hydrogens (primary N) is 1. The number of likely N-dealkylation sites (tertiary alicyclic amines) is 1. The predicted octanol–water partition coefficient (Wildman–Crippen LogP) is 2.89. The Hall–Kier alpha value is -1.78. The fourth-order valence-electron chi connectivity index (χ4n) is 3.00. The maximum absolute atomic E-state index is 13.7. The lowest BCUT2D eigenvalue weighted by Gasteiger charge is -2.17. The number of nitrogens with zero attached hydrogens (tertiary/aromatic N) is 1. The molecule has 0 aliphatic carbocycles. The van der Waals surface area contributed by atoms with E-state index < -0.39 is 11.6 Å². The first-order valence-electron chi connectivity index (χ1n) is 7.11. The van der Waals surface area contributed by atoms with E-state index in [2.05, 4.69) is 12.1 Å². The molecule has 1 saturated heterocycles. The van der Waals surface area contributed by atoms with Crippen LogP contribution >= 0.6 is 0 Å². The first-order valence-corrected chi connectivity index (χ1v) is 7.11. The van der Waals surface area contributed by atoms with Crippen molar-refractivity contribution in [3.63, 3.8) is 0 Å². The summed E-state index contributed by atoms with van der Waals surface area (Å²) >= 11 is 0. The predicted molar refractivity (Wildman–Crippen MR) is 78.8 cm³/mol. The van der Waals surface area contributed by atoms with Crippen LogP contribution in [0.25, 0.3) is 0 Å². The van der Waals surface area contributed by atoms with Crippen molar-refractivity contribution in [3.8, 4) is 0 Å². The highest BCUT2D eigenvalue weighted by Crippen LogP contribution is 2.28. The Kier molecular flexibility index (Phi) is 3.99. The fourth-order valence-corrected chi connectivity index (χ4v) is 3.00. The molecule has 2 aromatic carbocycles. The third kappa shape index (κ3) is 2.96. The highest BCUT2D eigenvalue weighted by atomic mass is 19.1. The highest BCUT2D eigenvalue weighted by molar-refractivity contribution is 5.25. The van der Waals surface area contributed by atoms with Gasteiger partial charge in [0.15, 0.2) is 0 Å². The molecule has 0 amide bonds. The van der Waals surface area contributed by atoms with Crippen molar-refractivity contribution < 1.29 is 8.78 Å². The first-order chi connectivity index (χ1) is 10.1. The summed E-state index contributed by atoms with van der Waals surface area (Å²) in [5.41, 5.74) is 7.51. The normalized spacial score (nSPS) is 22.6. The maximum atomic E-state index is 13.7. The van der Waals surface area contributed by atoms with Gasteiger partial charge >= 0.3 is 0 Å². The fraction of sp³-hybridized carbons (Fsp3) is 0.294. The Balaban J connectivity index is 1.75. The summed E-state index contributed by atoms with van der Waals surface area (Å²) < 4.78 is 27.4. The molecule has 110 valence electrons. The molecular formula is C17H18F2N2. The van der Waals surface area contributed by atoms with Gasteiger partial charge in [-0.15, -0.1) is 0 Å². The van der Waals surface area contributed by atoms with Crippen molar-refractivity contribution in [2.45, 2.75) is 18.5 Å². The summed E-state index contributed by atoms with van der Waals surface area (Å²) in [5.74, 6) is -0.778. The zero-order valence-corrected chi connectivity index (χ0v) is 11.7. The van der Waals surface area contributed by atoms with E-state index in [9.17, 15) is 8.78 Å². The van der Waals surface area contributed by atoms with Gasteiger partial charge in [-0.1, -0.05) is 36.4 Å². The van der Waals surface area contributed by atoms with Gasteiger partial charge in [0.05, 0.1) is 0 Å². The molecule has 0 unspecified atom stereocenters.